The Labute approximate surface area is 121 Å². The molecule has 0 aliphatic carbocycles. The quantitative estimate of drug-likeness (QED) is 0.718. The summed E-state index contributed by atoms with van der Waals surface area (Å²) in [5, 5.41) is 6.29. The summed E-state index contributed by atoms with van der Waals surface area (Å²) in [5.74, 6) is 1.04. The molecule has 0 saturated carbocycles. The fraction of sp³-hybridized carbons (Fsp3) is 0.562. The van der Waals surface area contributed by atoms with Crippen molar-refractivity contribution in [2.75, 3.05) is 19.7 Å². The van der Waals surface area contributed by atoms with Crippen LogP contribution in [0.25, 0.3) is 0 Å². The van der Waals surface area contributed by atoms with Crippen LogP contribution >= 0.6 is 0 Å². The number of ether oxygens (including phenoxy) is 1. The van der Waals surface area contributed by atoms with Gasteiger partial charge in [0, 0.05) is 30.6 Å². The molecule has 1 aromatic carbocycles. The van der Waals surface area contributed by atoms with Crippen molar-refractivity contribution in [3.05, 3.63) is 29.8 Å². The monoisotopic (exact) mass is 278 g/mol. The minimum atomic E-state index is 0.0334. The van der Waals surface area contributed by atoms with E-state index in [9.17, 15) is 4.79 Å². The van der Waals surface area contributed by atoms with Gasteiger partial charge >= 0.3 is 0 Å². The average molecular weight is 278 g/mol. The van der Waals surface area contributed by atoms with E-state index < -0.39 is 0 Å². The Morgan fingerprint density at radius 1 is 1.20 bits per heavy atom. The first kappa shape index (κ1) is 16.5. The first-order valence-corrected chi connectivity index (χ1v) is 7.29. The van der Waals surface area contributed by atoms with Gasteiger partial charge in [-0.25, -0.2) is 0 Å². The molecule has 112 valence electrons. The number of hydrogen-bond acceptors (Lipinski definition) is 3. The first-order valence-electron chi connectivity index (χ1n) is 7.29. The molecule has 1 amide bonds. The molecule has 0 bridgehead atoms. The van der Waals surface area contributed by atoms with Crippen molar-refractivity contribution in [2.45, 2.75) is 33.7 Å². The van der Waals surface area contributed by atoms with Crippen molar-refractivity contribution in [3.63, 3.8) is 0 Å². The molecule has 0 spiro atoms. The molecule has 0 heterocycles. The van der Waals surface area contributed by atoms with Crippen LogP contribution in [0.3, 0.4) is 0 Å². The van der Waals surface area contributed by atoms with Gasteiger partial charge in [-0.1, -0.05) is 32.0 Å². The third-order valence-corrected chi connectivity index (χ3v) is 3.08. The summed E-state index contributed by atoms with van der Waals surface area (Å²) in [6.07, 6.45) is 0. The summed E-state index contributed by atoms with van der Waals surface area (Å²) in [5.41, 5.74) is 1.14. The molecule has 2 N–H and O–H groups in total. The van der Waals surface area contributed by atoms with E-state index in [-0.39, 0.29) is 17.9 Å². The van der Waals surface area contributed by atoms with Crippen LogP contribution < -0.4 is 15.4 Å². The Bertz CT molecular complexity index is 419. The van der Waals surface area contributed by atoms with Crippen LogP contribution in [0.15, 0.2) is 24.3 Å². The number of amides is 1. The summed E-state index contributed by atoms with van der Waals surface area (Å²) >= 11 is 0. The molecule has 0 fully saturated rings. The molecule has 0 saturated heterocycles. The van der Waals surface area contributed by atoms with E-state index in [4.69, 9.17) is 4.74 Å². The van der Waals surface area contributed by atoms with E-state index >= 15 is 0 Å². The minimum absolute atomic E-state index is 0.0334. The fourth-order valence-electron chi connectivity index (χ4n) is 1.91. The second-order valence-electron chi connectivity index (χ2n) is 5.09. The molecule has 4 heteroatoms. The Morgan fingerprint density at radius 2 is 1.90 bits per heavy atom. The number of hydrogen-bond donors (Lipinski definition) is 2. The Hall–Kier alpha value is -1.55. The van der Waals surface area contributed by atoms with Gasteiger partial charge in [0.2, 0.25) is 5.91 Å². The summed E-state index contributed by atoms with van der Waals surface area (Å²) in [4.78, 5) is 11.4. The molecule has 1 unspecified atom stereocenters. The van der Waals surface area contributed by atoms with E-state index in [1.807, 2.05) is 39.0 Å². The lowest BCUT2D eigenvalue weighted by Crippen LogP contribution is -2.35. The Morgan fingerprint density at radius 3 is 2.55 bits per heavy atom. The summed E-state index contributed by atoms with van der Waals surface area (Å²) in [7, 11) is 0. The highest BCUT2D eigenvalue weighted by molar-refractivity contribution is 5.77. The first-order chi connectivity index (χ1) is 9.56. The van der Waals surface area contributed by atoms with Crippen LogP contribution in [-0.2, 0) is 4.79 Å². The third-order valence-electron chi connectivity index (χ3n) is 3.08. The average Bonchev–Trinajstić information content (AvgIpc) is 2.44. The predicted molar refractivity (Wildman–Crippen MR) is 81.9 cm³/mol. The number of rotatable bonds is 8. The third kappa shape index (κ3) is 5.21. The van der Waals surface area contributed by atoms with E-state index in [1.165, 1.54) is 0 Å². The van der Waals surface area contributed by atoms with Crippen LogP contribution in [0.2, 0.25) is 0 Å². The maximum absolute atomic E-state index is 11.4. The van der Waals surface area contributed by atoms with Crippen molar-refractivity contribution in [3.8, 4) is 5.75 Å². The Balaban J connectivity index is 2.43. The van der Waals surface area contributed by atoms with Crippen molar-refractivity contribution in [1.82, 2.24) is 10.6 Å². The number of benzene rings is 1. The number of carbonyl (C=O) groups excluding carboxylic acids is 1. The van der Waals surface area contributed by atoms with Crippen molar-refractivity contribution in [1.29, 1.82) is 0 Å². The highest BCUT2D eigenvalue weighted by Gasteiger charge is 2.10. The van der Waals surface area contributed by atoms with Gasteiger partial charge in [-0.2, -0.15) is 0 Å². The highest BCUT2D eigenvalue weighted by atomic mass is 16.5. The van der Waals surface area contributed by atoms with Gasteiger partial charge in [-0.15, -0.1) is 0 Å². The largest absolute Gasteiger partial charge is 0.494 e. The fourth-order valence-corrected chi connectivity index (χ4v) is 1.91. The normalized spacial score (nSPS) is 12.2. The second-order valence-corrected chi connectivity index (χ2v) is 5.09. The summed E-state index contributed by atoms with van der Waals surface area (Å²) in [6.45, 7) is 9.90. The summed E-state index contributed by atoms with van der Waals surface area (Å²) in [6, 6.07) is 8.22. The van der Waals surface area contributed by atoms with Gasteiger partial charge in [-0.3, -0.25) is 4.79 Å². The van der Waals surface area contributed by atoms with Crippen LogP contribution in [0, 0.1) is 5.92 Å². The van der Waals surface area contributed by atoms with Gasteiger partial charge in [-0.05, 0) is 19.9 Å². The second kappa shape index (κ2) is 8.59. The molecule has 1 aromatic rings. The van der Waals surface area contributed by atoms with Crippen LogP contribution in [-0.4, -0.2) is 25.6 Å². The maximum Gasteiger partial charge on any atom is 0.222 e. The molecule has 0 aliphatic heterocycles. The SMILES string of the molecule is CCOc1ccccc1C(C)NCCNC(=O)C(C)C. The predicted octanol–water partition coefficient (Wildman–Crippen LogP) is 2.51. The molecule has 0 radical (unpaired) electrons. The Kier molecular flexibility index (Phi) is 7.09. The van der Waals surface area contributed by atoms with E-state index in [0.29, 0.717) is 13.2 Å². The van der Waals surface area contributed by atoms with E-state index in [0.717, 1.165) is 17.9 Å². The molecule has 1 atom stereocenters. The van der Waals surface area contributed by atoms with Crippen molar-refractivity contribution < 1.29 is 9.53 Å². The van der Waals surface area contributed by atoms with Gasteiger partial charge < -0.3 is 15.4 Å². The van der Waals surface area contributed by atoms with Crippen LogP contribution in [0.1, 0.15) is 39.3 Å². The highest BCUT2D eigenvalue weighted by Crippen LogP contribution is 2.24. The van der Waals surface area contributed by atoms with E-state index in [2.05, 4.69) is 23.6 Å². The van der Waals surface area contributed by atoms with Gasteiger partial charge in [0.15, 0.2) is 0 Å². The van der Waals surface area contributed by atoms with Crippen LogP contribution in [0.5, 0.6) is 5.75 Å². The molecular formula is C16H26N2O2. The number of carbonyl (C=O) groups is 1. The zero-order valence-corrected chi connectivity index (χ0v) is 12.9. The zero-order valence-electron chi connectivity index (χ0n) is 12.9. The molecule has 20 heavy (non-hydrogen) atoms. The molecule has 1 rings (SSSR count). The lowest BCUT2D eigenvalue weighted by Gasteiger charge is -2.18. The van der Waals surface area contributed by atoms with E-state index in [1.54, 1.807) is 0 Å². The summed E-state index contributed by atoms with van der Waals surface area (Å²) < 4.78 is 5.62. The van der Waals surface area contributed by atoms with Gasteiger partial charge in [0.25, 0.3) is 0 Å². The number of nitrogens with one attached hydrogen (secondary N) is 2. The zero-order chi connectivity index (χ0) is 15.0. The van der Waals surface area contributed by atoms with Gasteiger partial charge in [0.05, 0.1) is 6.61 Å². The van der Waals surface area contributed by atoms with Crippen molar-refractivity contribution >= 4 is 5.91 Å². The molecule has 0 aromatic heterocycles. The molecule has 0 aliphatic rings. The molecule has 4 nitrogen and oxygen atoms in total. The number of para-hydroxylation sites is 1. The standard InChI is InChI=1S/C16H26N2O2/c1-5-20-15-9-7-6-8-14(15)13(4)17-10-11-18-16(19)12(2)3/h6-9,12-13,17H,5,10-11H2,1-4H3,(H,18,19). The minimum Gasteiger partial charge on any atom is -0.494 e. The maximum atomic E-state index is 11.4. The lowest BCUT2D eigenvalue weighted by molar-refractivity contribution is -0.123. The molecular weight excluding hydrogens is 252 g/mol. The van der Waals surface area contributed by atoms with Crippen LogP contribution in [0.4, 0.5) is 0 Å². The van der Waals surface area contributed by atoms with Crippen molar-refractivity contribution in [2.24, 2.45) is 5.92 Å². The smallest absolute Gasteiger partial charge is 0.222 e. The lowest BCUT2D eigenvalue weighted by atomic mass is 10.1. The topological polar surface area (TPSA) is 50.4 Å². The van der Waals surface area contributed by atoms with Gasteiger partial charge in [0.1, 0.15) is 5.75 Å².